The minimum Gasteiger partial charge on any atom is -0.496 e. The zero-order chi connectivity index (χ0) is 14.0. The van der Waals surface area contributed by atoms with Gasteiger partial charge in [0, 0.05) is 10.9 Å². The summed E-state index contributed by atoms with van der Waals surface area (Å²) >= 11 is 3.39. The van der Waals surface area contributed by atoms with Gasteiger partial charge in [-0.15, -0.1) is 0 Å². The van der Waals surface area contributed by atoms with E-state index in [-0.39, 0.29) is 11.4 Å². The third kappa shape index (κ3) is 2.40. The topological polar surface area (TPSA) is 65.9 Å². The summed E-state index contributed by atoms with van der Waals surface area (Å²) in [4.78, 5) is 15.1. The number of rotatable bonds is 3. The highest BCUT2D eigenvalue weighted by Gasteiger charge is 2.15. The van der Waals surface area contributed by atoms with E-state index >= 15 is 0 Å². The number of carbonyl (C=O) groups is 1. The van der Waals surface area contributed by atoms with Crippen LogP contribution in [0.4, 0.5) is 0 Å². The normalized spacial score (nSPS) is 11.4. The molecule has 19 heavy (non-hydrogen) atoms. The van der Waals surface area contributed by atoms with Gasteiger partial charge in [0.15, 0.2) is 0 Å². The molecule has 0 amide bonds. The summed E-state index contributed by atoms with van der Waals surface area (Å²) in [5.41, 5.74) is 1.33. The van der Waals surface area contributed by atoms with Crippen molar-refractivity contribution in [2.24, 2.45) is 0 Å². The number of nitrogens with one attached hydrogen (secondary N) is 1. The Bertz CT molecular complexity index is 723. The molecule has 0 saturated heterocycles. The first-order valence-corrected chi connectivity index (χ1v) is 6.37. The molecule has 1 N–H and O–H groups in total. The van der Waals surface area contributed by atoms with Gasteiger partial charge in [0.2, 0.25) is 5.78 Å². The fraction of sp³-hybridized carbons (Fsp3) is 0.143. The molecule has 0 saturated carbocycles. The Kier molecular flexibility index (Phi) is 3.72. The van der Waals surface area contributed by atoms with Crippen molar-refractivity contribution < 1.29 is 9.53 Å². The predicted molar refractivity (Wildman–Crippen MR) is 76.3 cm³/mol. The fourth-order valence-electron chi connectivity index (χ4n) is 1.80. The van der Waals surface area contributed by atoms with Crippen LogP contribution in [0.3, 0.4) is 0 Å². The van der Waals surface area contributed by atoms with Crippen LogP contribution in [-0.4, -0.2) is 17.9 Å². The molecule has 0 aliphatic heterocycles. The Hall–Kier alpha value is -2.06. The van der Waals surface area contributed by atoms with Gasteiger partial charge in [0.05, 0.1) is 22.8 Å². The lowest BCUT2D eigenvalue weighted by Gasteiger charge is -2.02. The number of carbonyl (C=O) groups excluding carboxylic acids is 1. The molecule has 2 rings (SSSR count). The van der Waals surface area contributed by atoms with E-state index in [1.807, 2.05) is 18.2 Å². The number of Topliss-reactive ketones (excluding diaryl/α,β-unsaturated/α-hetero) is 1. The second-order valence-corrected chi connectivity index (χ2v) is 4.75. The summed E-state index contributed by atoms with van der Waals surface area (Å²) in [6, 6.07) is 7.27. The maximum Gasteiger partial charge on any atom is 0.219 e. The predicted octanol–water partition coefficient (Wildman–Crippen LogP) is 3.59. The highest BCUT2D eigenvalue weighted by atomic mass is 79.9. The summed E-state index contributed by atoms with van der Waals surface area (Å²) in [5, 5.41) is 9.74. The van der Waals surface area contributed by atoms with Crippen LogP contribution in [0.15, 0.2) is 34.3 Å². The Morgan fingerprint density at radius 3 is 2.79 bits per heavy atom. The number of nitriles is 1. The molecule has 0 atom stereocenters. The van der Waals surface area contributed by atoms with Crippen LogP contribution < -0.4 is 4.74 Å². The van der Waals surface area contributed by atoms with E-state index in [0.29, 0.717) is 11.4 Å². The van der Waals surface area contributed by atoms with Crippen molar-refractivity contribution >= 4 is 32.6 Å². The first-order chi connectivity index (χ1) is 9.10. The van der Waals surface area contributed by atoms with Crippen molar-refractivity contribution in [3.63, 3.8) is 0 Å². The van der Waals surface area contributed by atoms with E-state index in [1.54, 1.807) is 20.1 Å². The molecule has 0 unspecified atom stereocenters. The maximum absolute atomic E-state index is 12.1. The molecule has 0 bridgehead atoms. The number of nitrogens with zero attached hydrogens (tertiary/aromatic N) is 1. The zero-order valence-electron chi connectivity index (χ0n) is 10.5. The third-order valence-corrected chi connectivity index (χ3v) is 3.41. The SMILES string of the molecule is C/C=C(\C#N)C(=O)c1cc2cc(OC)c(Br)cc2[nH]1. The van der Waals surface area contributed by atoms with Crippen molar-refractivity contribution in [1.29, 1.82) is 5.26 Å². The summed E-state index contributed by atoms with van der Waals surface area (Å²) in [7, 11) is 1.58. The van der Waals surface area contributed by atoms with Crippen molar-refractivity contribution in [3.05, 3.63) is 40.0 Å². The van der Waals surface area contributed by atoms with E-state index in [2.05, 4.69) is 20.9 Å². The van der Waals surface area contributed by atoms with Gasteiger partial charge in [-0.2, -0.15) is 5.26 Å². The van der Waals surface area contributed by atoms with Crippen LogP contribution in [0.25, 0.3) is 10.9 Å². The number of halogens is 1. The van der Waals surface area contributed by atoms with Gasteiger partial charge in [-0.25, -0.2) is 0 Å². The molecule has 0 spiro atoms. The first kappa shape index (κ1) is 13.4. The number of fused-ring (bicyclic) bond motifs is 1. The average Bonchev–Trinajstić information content (AvgIpc) is 2.81. The molecule has 0 aliphatic carbocycles. The highest BCUT2D eigenvalue weighted by molar-refractivity contribution is 9.10. The Balaban J connectivity index is 2.54. The number of ether oxygens (including phenoxy) is 1. The number of ketones is 1. The van der Waals surface area contributed by atoms with Crippen LogP contribution in [0, 0.1) is 11.3 Å². The quantitative estimate of drug-likeness (QED) is 0.534. The molecular formula is C14H11BrN2O2. The fourth-order valence-corrected chi connectivity index (χ4v) is 2.31. The molecule has 0 aliphatic rings. The number of hydrogen-bond donors (Lipinski definition) is 1. The minimum absolute atomic E-state index is 0.123. The molecule has 4 nitrogen and oxygen atoms in total. The number of allylic oxidation sites excluding steroid dienone is 2. The van der Waals surface area contributed by atoms with Crippen LogP contribution in [0.1, 0.15) is 17.4 Å². The summed E-state index contributed by atoms with van der Waals surface area (Å²) in [5.74, 6) is 0.383. The largest absolute Gasteiger partial charge is 0.496 e. The molecule has 2 aromatic rings. The van der Waals surface area contributed by atoms with E-state index in [1.165, 1.54) is 6.08 Å². The summed E-state index contributed by atoms with van der Waals surface area (Å²) in [6.45, 7) is 1.67. The van der Waals surface area contributed by atoms with Crippen molar-refractivity contribution in [1.82, 2.24) is 4.98 Å². The van der Waals surface area contributed by atoms with E-state index in [0.717, 1.165) is 15.4 Å². The highest BCUT2D eigenvalue weighted by Crippen LogP contribution is 2.30. The van der Waals surface area contributed by atoms with Gasteiger partial charge in [-0.3, -0.25) is 4.79 Å². The van der Waals surface area contributed by atoms with Crippen molar-refractivity contribution in [2.75, 3.05) is 7.11 Å². The number of H-pyrrole nitrogens is 1. The van der Waals surface area contributed by atoms with E-state index in [4.69, 9.17) is 10.00 Å². The molecular weight excluding hydrogens is 308 g/mol. The van der Waals surface area contributed by atoms with Gasteiger partial charge < -0.3 is 9.72 Å². The van der Waals surface area contributed by atoms with Crippen LogP contribution in [0.2, 0.25) is 0 Å². The molecule has 1 aromatic heterocycles. The number of aromatic nitrogens is 1. The van der Waals surface area contributed by atoms with E-state index < -0.39 is 0 Å². The first-order valence-electron chi connectivity index (χ1n) is 5.58. The lowest BCUT2D eigenvalue weighted by atomic mass is 10.1. The van der Waals surface area contributed by atoms with Crippen molar-refractivity contribution in [2.45, 2.75) is 6.92 Å². The monoisotopic (exact) mass is 318 g/mol. The summed E-state index contributed by atoms with van der Waals surface area (Å²) in [6.07, 6.45) is 1.50. The summed E-state index contributed by atoms with van der Waals surface area (Å²) < 4.78 is 6.00. The molecule has 0 radical (unpaired) electrons. The second-order valence-electron chi connectivity index (χ2n) is 3.90. The smallest absolute Gasteiger partial charge is 0.219 e. The minimum atomic E-state index is -0.309. The Morgan fingerprint density at radius 1 is 1.47 bits per heavy atom. The van der Waals surface area contributed by atoms with Crippen molar-refractivity contribution in [3.8, 4) is 11.8 Å². The standard InChI is InChI=1S/C14H11BrN2O2/c1-3-8(7-16)14(18)12-4-9-5-13(19-2)10(15)6-11(9)17-12/h3-6,17H,1-2H3/b8-3+. The molecule has 5 heteroatoms. The lowest BCUT2D eigenvalue weighted by molar-refractivity contribution is 0.103. The van der Waals surface area contributed by atoms with Gasteiger partial charge >= 0.3 is 0 Å². The molecule has 96 valence electrons. The third-order valence-electron chi connectivity index (χ3n) is 2.79. The maximum atomic E-state index is 12.1. The van der Waals surface area contributed by atoms with E-state index in [9.17, 15) is 4.79 Å². The van der Waals surface area contributed by atoms with Crippen LogP contribution >= 0.6 is 15.9 Å². The average molecular weight is 319 g/mol. The van der Waals surface area contributed by atoms with Gasteiger partial charge in [0.25, 0.3) is 0 Å². The number of methoxy groups -OCH3 is 1. The molecule has 0 fully saturated rings. The molecule has 1 heterocycles. The van der Waals surface area contributed by atoms with Gasteiger partial charge in [-0.05, 0) is 41.1 Å². The lowest BCUT2D eigenvalue weighted by Crippen LogP contribution is -2.01. The van der Waals surface area contributed by atoms with Gasteiger partial charge in [0.1, 0.15) is 11.8 Å². The second kappa shape index (κ2) is 5.29. The number of hydrogen-bond acceptors (Lipinski definition) is 3. The Morgan fingerprint density at radius 2 is 2.21 bits per heavy atom. The van der Waals surface area contributed by atoms with Crippen LogP contribution in [-0.2, 0) is 0 Å². The Labute approximate surface area is 118 Å². The zero-order valence-corrected chi connectivity index (χ0v) is 12.0. The molecule has 1 aromatic carbocycles. The number of benzene rings is 1. The number of aromatic amines is 1. The van der Waals surface area contributed by atoms with Crippen LogP contribution in [0.5, 0.6) is 5.75 Å². The van der Waals surface area contributed by atoms with Gasteiger partial charge in [-0.1, -0.05) is 6.08 Å².